The first-order valence-electron chi connectivity index (χ1n) is 5.47. The summed E-state index contributed by atoms with van der Waals surface area (Å²) < 4.78 is 28.4. The minimum absolute atomic E-state index is 0.0302. The molecule has 1 aliphatic carbocycles. The highest BCUT2D eigenvalue weighted by atomic mass is 32.2. The Labute approximate surface area is 96.5 Å². The number of sulfone groups is 1. The third-order valence-electron chi connectivity index (χ3n) is 3.10. The van der Waals surface area contributed by atoms with Crippen LogP contribution < -0.4 is 5.32 Å². The third-order valence-corrected chi connectivity index (χ3v) is 5.36. The van der Waals surface area contributed by atoms with Crippen LogP contribution >= 0.6 is 0 Å². The molecule has 0 aromatic carbocycles. The van der Waals surface area contributed by atoms with Gasteiger partial charge in [-0.2, -0.15) is 0 Å². The number of esters is 1. The maximum Gasteiger partial charge on any atom is 0.306 e. The quantitative estimate of drug-likeness (QED) is 0.700. The van der Waals surface area contributed by atoms with Gasteiger partial charge in [-0.15, -0.1) is 0 Å². The largest absolute Gasteiger partial charge is 0.469 e. The molecular weight excluding hydrogens is 230 g/mol. The standard InChI is InChI=1S/C10H19NO4S/c1-11-8-4-3-5-9(8)16(13,14)7-6-10(12)15-2/h8-9,11H,3-7H2,1-2H3. The molecule has 1 saturated carbocycles. The number of hydrogen-bond acceptors (Lipinski definition) is 5. The van der Waals surface area contributed by atoms with Gasteiger partial charge in [0, 0.05) is 6.04 Å². The zero-order chi connectivity index (χ0) is 12.2. The van der Waals surface area contributed by atoms with Crippen LogP contribution in [0.2, 0.25) is 0 Å². The van der Waals surface area contributed by atoms with E-state index in [0.29, 0.717) is 6.42 Å². The highest BCUT2D eigenvalue weighted by Gasteiger charge is 2.36. The van der Waals surface area contributed by atoms with E-state index in [1.54, 1.807) is 7.05 Å². The van der Waals surface area contributed by atoms with Gasteiger partial charge < -0.3 is 10.1 Å². The van der Waals surface area contributed by atoms with Crippen molar-refractivity contribution in [2.24, 2.45) is 0 Å². The molecule has 0 heterocycles. The predicted molar refractivity (Wildman–Crippen MR) is 60.9 cm³/mol. The summed E-state index contributed by atoms with van der Waals surface area (Å²) in [7, 11) is -0.148. The van der Waals surface area contributed by atoms with Crippen LogP contribution in [0.25, 0.3) is 0 Å². The molecule has 1 N–H and O–H groups in total. The minimum atomic E-state index is -3.19. The van der Waals surface area contributed by atoms with Crippen LogP contribution in [0.3, 0.4) is 0 Å². The lowest BCUT2D eigenvalue weighted by Crippen LogP contribution is -2.39. The third kappa shape index (κ3) is 3.18. The Morgan fingerprint density at radius 3 is 2.69 bits per heavy atom. The predicted octanol–water partition coefficient (Wildman–Crippen LogP) is 0.105. The van der Waals surface area contributed by atoms with Gasteiger partial charge in [0.15, 0.2) is 9.84 Å². The highest BCUT2D eigenvalue weighted by Crippen LogP contribution is 2.26. The Morgan fingerprint density at radius 1 is 1.44 bits per heavy atom. The first kappa shape index (κ1) is 13.4. The average molecular weight is 249 g/mol. The molecule has 2 unspecified atom stereocenters. The van der Waals surface area contributed by atoms with Gasteiger partial charge in [0.1, 0.15) is 0 Å². The number of hydrogen-bond donors (Lipinski definition) is 1. The molecule has 6 heteroatoms. The first-order valence-corrected chi connectivity index (χ1v) is 7.18. The van der Waals surface area contributed by atoms with Crippen LogP contribution in [0.15, 0.2) is 0 Å². The van der Waals surface area contributed by atoms with E-state index >= 15 is 0 Å². The van der Waals surface area contributed by atoms with Crippen LogP contribution in [0.4, 0.5) is 0 Å². The molecule has 0 amide bonds. The summed E-state index contributed by atoms with van der Waals surface area (Å²) in [5, 5.41) is 2.68. The van der Waals surface area contributed by atoms with Crippen LogP contribution in [-0.2, 0) is 19.4 Å². The second-order valence-corrected chi connectivity index (χ2v) is 6.40. The summed E-state index contributed by atoms with van der Waals surface area (Å²) in [4.78, 5) is 10.9. The summed E-state index contributed by atoms with van der Waals surface area (Å²) >= 11 is 0. The zero-order valence-electron chi connectivity index (χ0n) is 9.73. The average Bonchev–Trinajstić information content (AvgIpc) is 2.74. The molecule has 1 rings (SSSR count). The molecule has 1 fully saturated rings. The first-order chi connectivity index (χ1) is 7.51. The molecule has 0 radical (unpaired) electrons. The summed E-state index contributed by atoms with van der Waals surface area (Å²) in [5.74, 6) is -0.578. The second kappa shape index (κ2) is 5.63. The normalized spacial score (nSPS) is 25.6. The zero-order valence-corrected chi connectivity index (χ0v) is 10.5. The molecule has 1 aliphatic rings. The van der Waals surface area contributed by atoms with Crippen molar-refractivity contribution in [3.05, 3.63) is 0 Å². The van der Waals surface area contributed by atoms with E-state index in [4.69, 9.17) is 0 Å². The minimum Gasteiger partial charge on any atom is -0.469 e. The van der Waals surface area contributed by atoms with E-state index in [-0.39, 0.29) is 23.5 Å². The molecule has 0 aromatic heterocycles. The number of methoxy groups -OCH3 is 1. The van der Waals surface area contributed by atoms with E-state index < -0.39 is 15.8 Å². The molecule has 0 aromatic rings. The van der Waals surface area contributed by atoms with Gasteiger partial charge in [0.05, 0.1) is 24.5 Å². The van der Waals surface area contributed by atoms with Gasteiger partial charge in [-0.3, -0.25) is 4.79 Å². The molecule has 0 spiro atoms. The van der Waals surface area contributed by atoms with Crippen molar-refractivity contribution in [2.45, 2.75) is 37.0 Å². The van der Waals surface area contributed by atoms with Crippen molar-refractivity contribution in [1.29, 1.82) is 0 Å². The Hall–Kier alpha value is -0.620. The van der Waals surface area contributed by atoms with Crippen LogP contribution in [-0.4, -0.2) is 45.6 Å². The fraction of sp³-hybridized carbons (Fsp3) is 0.900. The Morgan fingerprint density at radius 2 is 2.12 bits per heavy atom. The summed E-state index contributed by atoms with van der Waals surface area (Å²) in [5.41, 5.74) is 0. The van der Waals surface area contributed by atoms with Gasteiger partial charge >= 0.3 is 5.97 Å². The topological polar surface area (TPSA) is 72.5 Å². The maximum atomic E-state index is 12.0. The smallest absolute Gasteiger partial charge is 0.306 e. The SMILES string of the molecule is CNC1CCCC1S(=O)(=O)CCC(=O)OC. The molecule has 16 heavy (non-hydrogen) atoms. The Balaban J connectivity index is 2.59. The number of rotatable bonds is 5. The van der Waals surface area contributed by atoms with Crippen molar-refractivity contribution in [3.8, 4) is 0 Å². The van der Waals surface area contributed by atoms with Crippen molar-refractivity contribution in [3.63, 3.8) is 0 Å². The monoisotopic (exact) mass is 249 g/mol. The summed E-state index contributed by atoms with van der Waals surface area (Å²) in [6.07, 6.45) is 2.45. The lowest BCUT2D eigenvalue weighted by atomic mass is 10.2. The fourth-order valence-electron chi connectivity index (χ4n) is 2.17. The van der Waals surface area contributed by atoms with Gasteiger partial charge in [0.2, 0.25) is 0 Å². The van der Waals surface area contributed by atoms with Gasteiger partial charge in [-0.25, -0.2) is 8.42 Å². The maximum absolute atomic E-state index is 12.0. The summed E-state index contributed by atoms with van der Waals surface area (Å²) in [6.45, 7) is 0. The molecule has 0 bridgehead atoms. The van der Waals surface area contributed by atoms with E-state index in [1.807, 2.05) is 0 Å². The van der Waals surface area contributed by atoms with Crippen molar-refractivity contribution in [2.75, 3.05) is 19.9 Å². The Bertz CT molecular complexity index is 339. The summed E-state index contributed by atoms with van der Waals surface area (Å²) in [6, 6.07) is 0.0302. The van der Waals surface area contributed by atoms with Crippen LogP contribution in [0, 0.1) is 0 Å². The van der Waals surface area contributed by atoms with E-state index in [2.05, 4.69) is 10.1 Å². The fourth-order valence-corrected chi connectivity index (χ4v) is 4.22. The van der Waals surface area contributed by atoms with Gasteiger partial charge in [0.25, 0.3) is 0 Å². The van der Waals surface area contributed by atoms with Gasteiger partial charge in [-0.05, 0) is 19.9 Å². The lowest BCUT2D eigenvalue weighted by molar-refractivity contribution is -0.140. The van der Waals surface area contributed by atoms with Crippen LogP contribution in [0.5, 0.6) is 0 Å². The van der Waals surface area contributed by atoms with Crippen molar-refractivity contribution < 1.29 is 17.9 Å². The highest BCUT2D eigenvalue weighted by molar-refractivity contribution is 7.92. The lowest BCUT2D eigenvalue weighted by Gasteiger charge is -2.18. The number of ether oxygens (including phenoxy) is 1. The Kier molecular flexibility index (Phi) is 4.73. The van der Waals surface area contributed by atoms with E-state index in [1.165, 1.54) is 7.11 Å². The molecule has 94 valence electrons. The number of carbonyl (C=O) groups is 1. The molecular formula is C10H19NO4S. The van der Waals surface area contributed by atoms with E-state index in [9.17, 15) is 13.2 Å². The molecule has 0 aliphatic heterocycles. The molecule has 2 atom stereocenters. The van der Waals surface area contributed by atoms with Crippen molar-refractivity contribution >= 4 is 15.8 Å². The van der Waals surface area contributed by atoms with Crippen molar-refractivity contribution in [1.82, 2.24) is 5.32 Å². The van der Waals surface area contributed by atoms with E-state index in [0.717, 1.165) is 12.8 Å². The molecule has 0 saturated heterocycles. The second-order valence-electron chi connectivity index (χ2n) is 4.06. The molecule has 5 nitrogen and oxygen atoms in total. The number of carbonyl (C=O) groups excluding carboxylic acids is 1. The number of nitrogens with one attached hydrogen (secondary N) is 1. The van der Waals surface area contributed by atoms with Gasteiger partial charge in [-0.1, -0.05) is 6.42 Å². The van der Waals surface area contributed by atoms with Crippen LogP contribution in [0.1, 0.15) is 25.7 Å².